The van der Waals surface area contributed by atoms with Crippen LogP contribution in [0.3, 0.4) is 0 Å². The number of hydrogen-bond acceptors (Lipinski definition) is 4. The number of amides is 1. The van der Waals surface area contributed by atoms with E-state index in [1.54, 1.807) is 25.2 Å². The quantitative estimate of drug-likeness (QED) is 0.502. The molecule has 0 aliphatic carbocycles. The summed E-state index contributed by atoms with van der Waals surface area (Å²) in [6, 6.07) is 21.7. The van der Waals surface area contributed by atoms with Crippen molar-refractivity contribution in [3.63, 3.8) is 0 Å². The van der Waals surface area contributed by atoms with Gasteiger partial charge in [-0.3, -0.25) is 4.79 Å². The van der Waals surface area contributed by atoms with Crippen molar-refractivity contribution in [3.8, 4) is 16.9 Å². The third-order valence-corrected chi connectivity index (χ3v) is 4.94. The molecule has 1 amide bonds. The number of rotatable bonds is 5. The van der Waals surface area contributed by atoms with Gasteiger partial charge in [-0.05, 0) is 74.0 Å². The first kappa shape index (κ1) is 20.3. The van der Waals surface area contributed by atoms with Gasteiger partial charge in [0, 0.05) is 37.1 Å². The second kappa shape index (κ2) is 8.44. The summed E-state index contributed by atoms with van der Waals surface area (Å²) in [4.78, 5) is 18.1. The van der Waals surface area contributed by atoms with Crippen LogP contribution in [0, 0.1) is 13.8 Å². The second-order valence-electron chi connectivity index (χ2n) is 7.75. The average molecular weight is 412 g/mol. The fourth-order valence-electron chi connectivity index (χ4n) is 3.42. The summed E-state index contributed by atoms with van der Waals surface area (Å²) in [6.07, 6.45) is 1.78. The van der Waals surface area contributed by atoms with E-state index in [0.717, 1.165) is 34.1 Å². The number of pyridine rings is 1. The van der Waals surface area contributed by atoms with Crippen LogP contribution < -0.4 is 5.32 Å². The minimum Gasteiger partial charge on any atom is -0.345 e. The number of nitrogens with zero attached hydrogens (tertiary/aromatic N) is 4. The second-order valence-corrected chi connectivity index (χ2v) is 7.75. The molecule has 0 aliphatic rings. The molecule has 6 nitrogen and oxygen atoms in total. The zero-order chi connectivity index (χ0) is 22.0. The molecular weight excluding hydrogens is 386 g/mol. The first-order chi connectivity index (χ1) is 14.9. The number of hydrogen-bond donors (Lipinski definition) is 1. The average Bonchev–Trinajstić information content (AvgIpc) is 3.16. The lowest BCUT2D eigenvalue weighted by Gasteiger charge is -2.12. The van der Waals surface area contributed by atoms with Crippen molar-refractivity contribution < 1.29 is 4.79 Å². The van der Waals surface area contributed by atoms with Crippen molar-refractivity contribution in [1.29, 1.82) is 0 Å². The van der Waals surface area contributed by atoms with Crippen molar-refractivity contribution in [2.24, 2.45) is 0 Å². The van der Waals surface area contributed by atoms with Gasteiger partial charge >= 0.3 is 0 Å². The molecule has 4 aromatic rings. The maximum atomic E-state index is 12.1. The molecule has 0 saturated carbocycles. The molecular formula is C25H25N5O. The fourth-order valence-corrected chi connectivity index (χ4v) is 3.42. The Labute approximate surface area is 182 Å². The van der Waals surface area contributed by atoms with Crippen LogP contribution in [0.1, 0.15) is 21.6 Å². The van der Waals surface area contributed by atoms with Gasteiger partial charge in [-0.2, -0.15) is 5.10 Å². The molecule has 4 rings (SSSR count). The molecule has 0 radical (unpaired) electrons. The molecule has 0 unspecified atom stereocenters. The standard InChI is InChI=1S/C25H25N5O/c1-17-6-5-7-22(14-17)30-23(15-18(2)28-30)20-12-13-26-24(16-20)27-21-10-8-19(9-11-21)25(31)29(3)4/h5-16H,1-4H3,(H,26,27). The summed E-state index contributed by atoms with van der Waals surface area (Å²) >= 11 is 0. The third-order valence-electron chi connectivity index (χ3n) is 4.94. The lowest BCUT2D eigenvalue weighted by molar-refractivity contribution is 0.0827. The first-order valence-corrected chi connectivity index (χ1v) is 10.1. The van der Waals surface area contributed by atoms with E-state index >= 15 is 0 Å². The Balaban J connectivity index is 1.62. The summed E-state index contributed by atoms with van der Waals surface area (Å²) in [6.45, 7) is 4.07. The number of anilines is 2. The van der Waals surface area contributed by atoms with Crippen molar-refractivity contribution in [2.75, 3.05) is 19.4 Å². The highest BCUT2D eigenvalue weighted by Crippen LogP contribution is 2.27. The van der Waals surface area contributed by atoms with E-state index < -0.39 is 0 Å². The van der Waals surface area contributed by atoms with E-state index in [0.29, 0.717) is 5.56 Å². The van der Waals surface area contributed by atoms with Crippen molar-refractivity contribution in [2.45, 2.75) is 13.8 Å². The van der Waals surface area contributed by atoms with E-state index in [4.69, 9.17) is 5.10 Å². The minimum absolute atomic E-state index is 0.0218. The highest BCUT2D eigenvalue weighted by Gasteiger charge is 2.12. The predicted octanol–water partition coefficient (Wildman–Crippen LogP) is 5.00. The molecule has 156 valence electrons. The van der Waals surface area contributed by atoms with Crippen LogP contribution in [0.2, 0.25) is 0 Å². The predicted molar refractivity (Wildman–Crippen MR) is 124 cm³/mol. The van der Waals surface area contributed by atoms with Gasteiger partial charge in [0.25, 0.3) is 5.91 Å². The number of benzene rings is 2. The highest BCUT2D eigenvalue weighted by molar-refractivity contribution is 5.94. The normalized spacial score (nSPS) is 10.7. The molecule has 0 saturated heterocycles. The van der Waals surface area contributed by atoms with Gasteiger partial charge in [-0.15, -0.1) is 0 Å². The number of aryl methyl sites for hydroxylation is 2. The lowest BCUT2D eigenvalue weighted by atomic mass is 10.1. The third kappa shape index (κ3) is 4.48. The summed E-state index contributed by atoms with van der Waals surface area (Å²) in [7, 11) is 3.49. The largest absolute Gasteiger partial charge is 0.345 e. The zero-order valence-electron chi connectivity index (χ0n) is 18.1. The van der Waals surface area contributed by atoms with Gasteiger partial charge in [0.1, 0.15) is 5.82 Å². The van der Waals surface area contributed by atoms with Gasteiger partial charge in [0.05, 0.1) is 17.1 Å². The van der Waals surface area contributed by atoms with Crippen LogP contribution in [-0.4, -0.2) is 39.7 Å². The van der Waals surface area contributed by atoms with E-state index in [9.17, 15) is 4.79 Å². The zero-order valence-corrected chi connectivity index (χ0v) is 18.1. The van der Waals surface area contributed by atoms with Crippen molar-refractivity contribution >= 4 is 17.4 Å². The number of carbonyl (C=O) groups excluding carboxylic acids is 1. The maximum absolute atomic E-state index is 12.1. The van der Waals surface area contributed by atoms with Crippen LogP contribution in [0.25, 0.3) is 16.9 Å². The summed E-state index contributed by atoms with van der Waals surface area (Å²) in [5.74, 6) is 0.699. The van der Waals surface area contributed by atoms with E-state index in [1.165, 1.54) is 5.56 Å². The Morgan fingerprint density at radius 3 is 2.45 bits per heavy atom. The molecule has 1 N–H and O–H groups in total. The lowest BCUT2D eigenvalue weighted by Crippen LogP contribution is -2.21. The highest BCUT2D eigenvalue weighted by atomic mass is 16.2. The van der Waals surface area contributed by atoms with Crippen LogP contribution in [-0.2, 0) is 0 Å². The Morgan fingerprint density at radius 2 is 1.74 bits per heavy atom. The van der Waals surface area contributed by atoms with E-state index in [1.807, 2.05) is 54.1 Å². The van der Waals surface area contributed by atoms with Crippen LogP contribution in [0.15, 0.2) is 72.9 Å². The Hall–Kier alpha value is -3.93. The molecule has 6 heteroatoms. The monoisotopic (exact) mass is 411 g/mol. The topological polar surface area (TPSA) is 63.1 Å². The molecule has 0 fully saturated rings. The van der Waals surface area contributed by atoms with Gasteiger partial charge in [0.15, 0.2) is 0 Å². The molecule has 2 aromatic heterocycles. The van der Waals surface area contributed by atoms with Gasteiger partial charge < -0.3 is 10.2 Å². The Morgan fingerprint density at radius 1 is 0.968 bits per heavy atom. The molecule has 0 spiro atoms. The molecule has 2 heterocycles. The minimum atomic E-state index is -0.0218. The smallest absolute Gasteiger partial charge is 0.253 e. The summed E-state index contributed by atoms with van der Waals surface area (Å²) in [5.41, 5.74) is 6.68. The molecule has 0 atom stereocenters. The van der Waals surface area contributed by atoms with Gasteiger partial charge in [-0.1, -0.05) is 12.1 Å². The van der Waals surface area contributed by atoms with Crippen molar-refractivity contribution in [1.82, 2.24) is 19.7 Å². The SMILES string of the molecule is Cc1cccc(-n2nc(C)cc2-c2ccnc(Nc3ccc(C(=O)N(C)C)cc3)c2)c1. The fraction of sp³-hybridized carbons (Fsp3) is 0.160. The molecule has 2 aromatic carbocycles. The number of nitrogens with one attached hydrogen (secondary N) is 1. The van der Waals surface area contributed by atoms with Gasteiger partial charge in [-0.25, -0.2) is 9.67 Å². The Kier molecular flexibility index (Phi) is 5.54. The van der Waals surface area contributed by atoms with Crippen LogP contribution in [0.5, 0.6) is 0 Å². The van der Waals surface area contributed by atoms with Crippen LogP contribution >= 0.6 is 0 Å². The van der Waals surface area contributed by atoms with E-state index in [2.05, 4.69) is 41.5 Å². The number of carbonyl (C=O) groups is 1. The first-order valence-electron chi connectivity index (χ1n) is 10.1. The summed E-state index contributed by atoms with van der Waals surface area (Å²) in [5, 5.41) is 8.01. The molecule has 0 aliphatic heterocycles. The summed E-state index contributed by atoms with van der Waals surface area (Å²) < 4.78 is 1.96. The van der Waals surface area contributed by atoms with Crippen molar-refractivity contribution in [3.05, 3.63) is 89.7 Å². The van der Waals surface area contributed by atoms with E-state index in [-0.39, 0.29) is 5.91 Å². The Bertz CT molecular complexity index is 1220. The van der Waals surface area contributed by atoms with Gasteiger partial charge in [0.2, 0.25) is 0 Å². The maximum Gasteiger partial charge on any atom is 0.253 e. The van der Waals surface area contributed by atoms with Crippen LogP contribution in [0.4, 0.5) is 11.5 Å². The molecule has 0 bridgehead atoms. The molecule has 31 heavy (non-hydrogen) atoms. The number of aromatic nitrogens is 3.